The van der Waals surface area contributed by atoms with Crippen molar-refractivity contribution >= 4 is 29.8 Å². The molecule has 3 heterocycles. The van der Waals surface area contributed by atoms with Gasteiger partial charge in [0.1, 0.15) is 11.7 Å². The molecule has 14 heteroatoms. The summed E-state index contributed by atoms with van der Waals surface area (Å²) in [6.45, 7) is 3.86. The Bertz CT molecular complexity index is 1240. The number of amides is 3. The van der Waals surface area contributed by atoms with Crippen molar-refractivity contribution in [3.8, 4) is 5.69 Å². The number of likely N-dealkylation sites (tertiary alicyclic amines) is 1. The van der Waals surface area contributed by atoms with E-state index in [9.17, 15) is 29.1 Å². The lowest BCUT2D eigenvalue weighted by Gasteiger charge is -2.35. The summed E-state index contributed by atoms with van der Waals surface area (Å²) in [5, 5.41) is 17.6. The molecule has 2 aromatic rings. The Morgan fingerprint density at radius 3 is 2.30 bits per heavy atom. The SMILES string of the molecule is CCOC(=O)ON1CCN(C(=O)[C@H](CCC(=O)O)NC(=O)c2cc(C(=O)N3CCC3)n(-c3ccccc3)n2)CC1. The molecule has 0 radical (unpaired) electrons. The zero-order valence-corrected chi connectivity index (χ0v) is 22.2. The summed E-state index contributed by atoms with van der Waals surface area (Å²) in [4.78, 5) is 70.7. The molecule has 214 valence electrons. The maximum atomic E-state index is 13.3. The second-order valence-electron chi connectivity index (χ2n) is 9.29. The molecule has 0 spiro atoms. The number of aromatic nitrogens is 2. The van der Waals surface area contributed by atoms with Crippen molar-refractivity contribution in [2.75, 3.05) is 45.9 Å². The topological polar surface area (TPSA) is 164 Å². The van der Waals surface area contributed by atoms with E-state index in [0.29, 0.717) is 18.8 Å². The number of hydrogen-bond acceptors (Lipinski definition) is 9. The van der Waals surface area contributed by atoms with E-state index in [0.717, 1.165) is 6.42 Å². The highest BCUT2D eigenvalue weighted by atomic mass is 16.8. The van der Waals surface area contributed by atoms with E-state index in [-0.39, 0.29) is 62.9 Å². The Kier molecular flexibility index (Phi) is 9.32. The molecule has 1 aromatic carbocycles. The molecule has 40 heavy (non-hydrogen) atoms. The molecule has 0 bridgehead atoms. The number of piperazine rings is 1. The van der Waals surface area contributed by atoms with Gasteiger partial charge in [-0.3, -0.25) is 19.2 Å². The van der Waals surface area contributed by atoms with Crippen LogP contribution < -0.4 is 5.32 Å². The number of carboxylic acid groups (broad SMARTS) is 1. The van der Waals surface area contributed by atoms with Crippen LogP contribution in [0.4, 0.5) is 4.79 Å². The van der Waals surface area contributed by atoms with Gasteiger partial charge in [0.2, 0.25) is 5.91 Å². The van der Waals surface area contributed by atoms with Gasteiger partial charge in [-0.05, 0) is 31.9 Å². The summed E-state index contributed by atoms with van der Waals surface area (Å²) >= 11 is 0. The van der Waals surface area contributed by atoms with Crippen molar-refractivity contribution < 1.29 is 38.7 Å². The molecule has 2 fully saturated rings. The fourth-order valence-electron chi connectivity index (χ4n) is 4.32. The third kappa shape index (κ3) is 6.94. The monoisotopic (exact) mass is 556 g/mol. The molecule has 4 rings (SSSR count). The Morgan fingerprint density at radius 2 is 1.70 bits per heavy atom. The van der Waals surface area contributed by atoms with E-state index in [1.807, 2.05) is 6.07 Å². The van der Waals surface area contributed by atoms with Gasteiger partial charge < -0.3 is 29.8 Å². The summed E-state index contributed by atoms with van der Waals surface area (Å²) in [6, 6.07) is 9.14. The summed E-state index contributed by atoms with van der Waals surface area (Å²) in [7, 11) is 0. The minimum absolute atomic E-state index is 0.0755. The molecule has 0 saturated carbocycles. The number of nitrogens with one attached hydrogen (secondary N) is 1. The maximum absolute atomic E-state index is 13.3. The highest BCUT2D eigenvalue weighted by Gasteiger charge is 2.32. The van der Waals surface area contributed by atoms with Gasteiger partial charge in [-0.2, -0.15) is 5.10 Å². The highest BCUT2D eigenvalue weighted by molar-refractivity contribution is 6.00. The number of nitrogens with zero attached hydrogens (tertiary/aromatic N) is 5. The lowest BCUT2D eigenvalue weighted by atomic mass is 10.1. The zero-order valence-electron chi connectivity index (χ0n) is 22.2. The number of rotatable bonds is 10. The summed E-state index contributed by atoms with van der Waals surface area (Å²) in [6.07, 6.45) is -0.427. The van der Waals surface area contributed by atoms with Gasteiger partial charge in [-0.15, -0.1) is 5.06 Å². The number of hydroxylamine groups is 2. The van der Waals surface area contributed by atoms with Crippen molar-refractivity contribution in [2.24, 2.45) is 0 Å². The van der Waals surface area contributed by atoms with Crippen LogP contribution in [0.25, 0.3) is 5.69 Å². The summed E-state index contributed by atoms with van der Waals surface area (Å²) in [5.41, 5.74) is 0.725. The predicted molar refractivity (Wildman–Crippen MR) is 138 cm³/mol. The van der Waals surface area contributed by atoms with Crippen molar-refractivity contribution in [3.05, 3.63) is 47.8 Å². The second-order valence-corrected chi connectivity index (χ2v) is 9.29. The van der Waals surface area contributed by atoms with Crippen LogP contribution in [-0.4, -0.2) is 112 Å². The molecule has 2 aliphatic rings. The van der Waals surface area contributed by atoms with Gasteiger partial charge >= 0.3 is 12.1 Å². The molecule has 2 aliphatic heterocycles. The van der Waals surface area contributed by atoms with Gasteiger partial charge in [0.15, 0.2) is 5.69 Å². The molecule has 0 aliphatic carbocycles. The van der Waals surface area contributed by atoms with Crippen LogP contribution in [0.5, 0.6) is 0 Å². The van der Waals surface area contributed by atoms with Gasteiger partial charge in [-0.1, -0.05) is 18.2 Å². The number of carbonyl (C=O) groups is 5. The van der Waals surface area contributed by atoms with Gasteiger partial charge in [-0.25, -0.2) is 9.48 Å². The molecule has 14 nitrogen and oxygen atoms in total. The first-order valence-corrected chi connectivity index (χ1v) is 13.1. The first-order chi connectivity index (χ1) is 19.3. The normalized spacial score (nSPS) is 16.0. The predicted octanol–water partition coefficient (Wildman–Crippen LogP) is 0.914. The quantitative estimate of drug-likeness (QED) is 0.402. The number of carboxylic acids is 1. The van der Waals surface area contributed by atoms with Crippen LogP contribution >= 0.6 is 0 Å². The minimum Gasteiger partial charge on any atom is -0.481 e. The Balaban J connectivity index is 1.48. The van der Waals surface area contributed by atoms with Crippen molar-refractivity contribution in [2.45, 2.75) is 32.2 Å². The Hall–Kier alpha value is -4.46. The van der Waals surface area contributed by atoms with Gasteiger partial charge in [0.25, 0.3) is 11.8 Å². The smallest absolute Gasteiger partial charge is 0.481 e. The molecule has 1 atom stereocenters. The lowest BCUT2D eigenvalue weighted by molar-refractivity contribution is -0.157. The average molecular weight is 557 g/mol. The van der Waals surface area contributed by atoms with E-state index in [4.69, 9.17) is 9.57 Å². The van der Waals surface area contributed by atoms with Crippen LogP contribution in [-0.2, 0) is 19.2 Å². The number of benzene rings is 1. The molecule has 3 amide bonds. The van der Waals surface area contributed by atoms with E-state index in [1.165, 1.54) is 20.7 Å². The van der Waals surface area contributed by atoms with Crippen LogP contribution in [0.1, 0.15) is 47.2 Å². The Labute approximate surface area is 230 Å². The second kappa shape index (κ2) is 13.1. The molecular weight excluding hydrogens is 524 g/mol. The molecular formula is C26H32N6O8. The van der Waals surface area contributed by atoms with Crippen LogP contribution in [0.3, 0.4) is 0 Å². The molecule has 1 aromatic heterocycles. The van der Waals surface area contributed by atoms with Crippen LogP contribution in [0, 0.1) is 0 Å². The number of carbonyl (C=O) groups excluding carboxylic acids is 4. The summed E-state index contributed by atoms with van der Waals surface area (Å²) < 4.78 is 6.15. The largest absolute Gasteiger partial charge is 0.527 e. The summed E-state index contributed by atoms with van der Waals surface area (Å²) in [5.74, 6) is -2.55. The lowest BCUT2D eigenvalue weighted by Crippen LogP contribution is -2.55. The number of aliphatic carboxylic acids is 1. The van der Waals surface area contributed by atoms with Crippen molar-refractivity contribution in [1.82, 2.24) is 30.0 Å². The highest BCUT2D eigenvalue weighted by Crippen LogP contribution is 2.18. The minimum atomic E-state index is -1.14. The van der Waals surface area contributed by atoms with Gasteiger partial charge in [0.05, 0.1) is 25.4 Å². The molecule has 2 saturated heterocycles. The van der Waals surface area contributed by atoms with E-state index in [2.05, 4.69) is 10.4 Å². The van der Waals surface area contributed by atoms with Crippen LogP contribution in [0.15, 0.2) is 36.4 Å². The van der Waals surface area contributed by atoms with E-state index >= 15 is 0 Å². The van der Waals surface area contributed by atoms with Crippen molar-refractivity contribution in [3.63, 3.8) is 0 Å². The molecule has 2 N–H and O–H groups in total. The third-order valence-corrected chi connectivity index (χ3v) is 6.57. The third-order valence-electron chi connectivity index (χ3n) is 6.57. The van der Waals surface area contributed by atoms with Crippen LogP contribution in [0.2, 0.25) is 0 Å². The van der Waals surface area contributed by atoms with Gasteiger partial charge in [0, 0.05) is 38.7 Å². The number of ether oxygens (including phenoxy) is 1. The van der Waals surface area contributed by atoms with Crippen molar-refractivity contribution in [1.29, 1.82) is 0 Å². The first kappa shape index (κ1) is 28.5. The maximum Gasteiger partial charge on any atom is 0.527 e. The van der Waals surface area contributed by atoms with E-state index < -0.39 is 30.0 Å². The molecule has 0 unspecified atom stereocenters. The zero-order chi connectivity index (χ0) is 28.6. The first-order valence-electron chi connectivity index (χ1n) is 13.1. The fraction of sp³-hybridized carbons (Fsp3) is 0.462. The number of para-hydroxylation sites is 1. The standard InChI is InChI=1S/C26H32N6O8/c1-2-39-26(38)40-31-15-13-30(14-16-31)24(36)19(9-10-22(33)34)27-23(35)20-17-21(25(37)29-11-6-12-29)32(28-20)18-7-4-3-5-8-18/h3-5,7-8,17,19H,2,6,9-16H2,1H3,(H,27,35)(H,33,34)/t19-/m0/s1. The van der Waals surface area contributed by atoms with E-state index in [1.54, 1.807) is 36.1 Å². The average Bonchev–Trinajstić information content (AvgIpc) is 3.36. The fourth-order valence-corrected chi connectivity index (χ4v) is 4.32. The Morgan fingerprint density at radius 1 is 1.00 bits per heavy atom. The number of hydrogen-bond donors (Lipinski definition) is 2.